The topological polar surface area (TPSA) is 124 Å². The number of amides is 3. The van der Waals surface area contributed by atoms with E-state index in [0.29, 0.717) is 0 Å². The molecule has 4 N–H and O–H groups in total. The lowest BCUT2D eigenvalue weighted by atomic mass is 9.84. The van der Waals surface area contributed by atoms with Crippen LogP contribution < -0.4 is 16.0 Å². The number of benzene rings is 1. The van der Waals surface area contributed by atoms with Crippen molar-refractivity contribution >= 4 is 29.1 Å². The molecule has 0 aliphatic carbocycles. The van der Waals surface area contributed by atoms with Gasteiger partial charge in [-0.2, -0.15) is 0 Å². The molecule has 1 aromatic carbocycles. The maximum absolute atomic E-state index is 13.8. The molecule has 212 valence electrons. The molecule has 0 spiro atoms. The maximum atomic E-state index is 13.8. The SMILES string of the molecule is Cc1ncsc1-c1ccc([C@H](C)NC(=O)[C@@H]2C[C@@H](O)CN2C(=O)C(NC(=O)C2CCNCC2)C(C)(C)C)cc1. The third kappa shape index (κ3) is 6.85. The maximum Gasteiger partial charge on any atom is 0.246 e. The third-order valence-corrected chi connectivity index (χ3v) is 8.73. The van der Waals surface area contributed by atoms with Gasteiger partial charge in [-0.3, -0.25) is 14.4 Å². The summed E-state index contributed by atoms with van der Waals surface area (Å²) in [4.78, 5) is 47.1. The second-order valence-electron chi connectivity index (χ2n) is 11.8. The highest BCUT2D eigenvalue weighted by Crippen LogP contribution is 2.30. The minimum absolute atomic E-state index is 0.0595. The fourth-order valence-corrected chi connectivity index (χ4v) is 6.17. The largest absolute Gasteiger partial charge is 0.391 e. The molecule has 2 aliphatic rings. The number of nitrogens with one attached hydrogen (secondary N) is 3. The van der Waals surface area contributed by atoms with E-state index in [0.717, 1.165) is 47.6 Å². The molecule has 1 unspecified atom stereocenters. The summed E-state index contributed by atoms with van der Waals surface area (Å²) in [6.45, 7) is 11.2. The number of likely N-dealkylation sites (tertiary alicyclic amines) is 1. The monoisotopic (exact) mass is 555 g/mol. The van der Waals surface area contributed by atoms with Crippen molar-refractivity contribution in [3.8, 4) is 10.4 Å². The smallest absolute Gasteiger partial charge is 0.246 e. The second-order valence-corrected chi connectivity index (χ2v) is 12.7. The van der Waals surface area contributed by atoms with Crippen LogP contribution in [0.5, 0.6) is 0 Å². The van der Waals surface area contributed by atoms with Gasteiger partial charge in [0.05, 0.1) is 28.2 Å². The van der Waals surface area contributed by atoms with Gasteiger partial charge in [0, 0.05) is 18.9 Å². The van der Waals surface area contributed by atoms with Crippen LogP contribution in [0, 0.1) is 18.3 Å². The van der Waals surface area contributed by atoms with E-state index >= 15 is 0 Å². The number of hydrogen-bond donors (Lipinski definition) is 4. The van der Waals surface area contributed by atoms with Crippen molar-refractivity contribution in [1.82, 2.24) is 25.8 Å². The Bertz CT molecular complexity index is 1170. The highest BCUT2D eigenvalue weighted by Gasteiger charge is 2.45. The minimum atomic E-state index is -0.810. The Morgan fingerprint density at radius 3 is 2.36 bits per heavy atom. The number of thiazole rings is 1. The summed E-state index contributed by atoms with van der Waals surface area (Å²) in [6, 6.07) is 6.10. The van der Waals surface area contributed by atoms with E-state index in [1.54, 1.807) is 11.3 Å². The van der Waals surface area contributed by atoms with Gasteiger partial charge >= 0.3 is 0 Å². The standard InChI is InChI=1S/C29H41N5O4S/c1-17(19-6-8-20(9-7-19)24-18(2)31-16-39-24)32-27(37)23-14-22(35)15-34(23)28(38)25(29(3,4)5)33-26(36)21-10-12-30-13-11-21/h6-9,16-17,21-23,25,30,35H,10-15H2,1-5H3,(H,32,37)(H,33,36)/t17-,22+,23-,25?/m0/s1. The number of carbonyl (C=O) groups is 3. The van der Waals surface area contributed by atoms with Crippen molar-refractivity contribution in [3.63, 3.8) is 0 Å². The zero-order valence-electron chi connectivity index (χ0n) is 23.5. The number of hydrogen-bond acceptors (Lipinski definition) is 7. The molecule has 2 aliphatic heterocycles. The molecule has 10 heteroatoms. The first-order chi connectivity index (χ1) is 18.5. The molecule has 3 amide bonds. The summed E-state index contributed by atoms with van der Waals surface area (Å²) in [7, 11) is 0. The summed E-state index contributed by atoms with van der Waals surface area (Å²) >= 11 is 1.59. The minimum Gasteiger partial charge on any atom is -0.391 e. The molecule has 2 aromatic rings. The molecular formula is C29H41N5O4S. The van der Waals surface area contributed by atoms with Crippen LogP contribution in [0.25, 0.3) is 10.4 Å². The number of β-amino-alcohol motifs (C(OH)–C–C–N with tert-alkyl or cyclic N) is 1. The zero-order chi connectivity index (χ0) is 28.3. The predicted octanol–water partition coefficient (Wildman–Crippen LogP) is 2.79. The Kier molecular flexibility index (Phi) is 9.08. The Hall–Kier alpha value is -2.82. The number of carbonyl (C=O) groups excluding carboxylic acids is 3. The number of aliphatic hydroxyl groups is 1. The predicted molar refractivity (Wildman–Crippen MR) is 152 cm³/mol. The van der Waals surface area contributed by atoms with Gasteiger partial charge in [-0.1, -0.05) is 45.0 Å². The molecule has 9 nitrogen and oxygen atoms in total. The molecule has 0 bridgehead atoms. The van der Waals surface area contributed by atoms with Crippen LogP contribution in [0.2, 0.25) is 0 Å². The van der Waals surface area contributed by atoms with Crippen molar-refractivity contribution in [2.45, 2.75) is 78.1 Å². The van der Waals surface area contributed by atoms with Crippen LogP contribution in [0.1, 0.15) is 64.3 Å². The molecule has 4 atom stereocenters. The van der Waals surface area contributed by atoms with Gasteiger partial charge in [-0.05, 0) is 56.3 Å². The number of aromatic nitrogens is 1. The molecular weight excluding hydrogens is 514 g/mol. The first kappa shape index (κ1) is 29.2. The van der Waals surface area contributed by atoms with Crippen LogP contribution in [-0.4, -0.2) is 70.5 Å². The summed E-state index contributed by atoms with van der Waals surface area (Å²) in [5.74, 6) is -0.916. The Morgan fingerprint density at radius 1 is 1.10 bits per heavy atom. The second kappa shape index (κ2) is 12.1. The summed E-state index contributed by atoms with van der Waals surface area (Å²) in [5.41, 5.74) is 4.26. The summed E-state index contributed by atoms with van der Waals surface area (Å²) in [6.07, 6.45) is 0.815. The lowest BCUT2D eigenvalue weighted by molar-refractivity contribution is -0.144. The van der Waals surface area contributed by atoms with E-state index in [4.69, 9.17) is 0 Å². The van der Waals surface area contributed by atoms with E-state index in [1.807, 2.05) is 64.4 Å². The van der Waals surface area contributed by atoms with E-state index in [1.165, 1.54) is 4.90 Å². The number of rotatable bonds is 7. The fourth-order valence-electron chi connectivity index (χ4n) is 5.36. The average Bonchev–Trinajstić information content (AvgIpc) is 3.52. The molecule has 3 heterocycles. The first-order valence-corrected chi connectivity index (χ1v) is 14.6. The Morgan fingerprint density at radius 2 is 1.77 bits per heavy atom. The van der Waals surface area contributed by atoms with Gasteiger partial charge in [-0.25, -0.2) is 4.98 Å². The van der Waals surface area contributed by atoms with Gasteiger partial charge in [0.25, 0.3) is 0 Å². The van der Waals surface area contributed by atoms with Gasteiger partial charge in [0.1, 0.15) is 12.1 Å². The number of nitrogens with zero attached hydrogens (tertiary/aromatic N) is 2. The third-order valence-electron chi connectivity index (χ3n) is 7.75. The van der Waals surface area contributed by atoms with Crippen molar-refractivity contribution in [3.05, 3.63) is 41.0 Å². The van der Waals surface area contributed by atoms with Crippen LogP contribution in [-0.2, 0) is 14.4 Å². The van der Waals surface area contributed by atoms with E-state index in [9.17, 15) is 19.5 Å². The van der Waals surface area contributed by atoms with Crippen molar-refractivity contribution in [2.75, 3.05) is 19.6 Å². The van der Waals surface area contributed by atoms with Crippen LogP contribution in [0.3, 0.4) is 0 Å². The lowest BCUT2D eigenvalue weighted by Crippen LogP contribution is -2.58. The lowest BCUT2D eigenvalue weighted by Gasteiger charge is -2.36. The molecule has 0 saturated carbocycles. The van der Waals surface area contributed by atoms with E-state index in [-0.39, 0.29) is 42.6 Å². The normalized spacial score (nSPS) is 21.8. The van der Waals surface area contributed by atoms with Gasteiger partial charge < -0.3 is 26.0 Å². The van der Waals surface area contributed by atoms with Crippen molar-refractivity contribution < 1.29 is 19.5 Å². The number of piperidine rings is 1. The number of aryl methyl sites for hydroxylation is 1. The van der Waals surface area contributed by atoms with E-state index < -0.39 is 23.6 Å². The summed E-state index contributed by atoms with van der Waals surface area (Å²) in [5, 5.41) is 19.7. The molecule has 4 rings (SSSR count). The van der Waals surface area contributed by atoms with Crippen LogP contribution >= 0.6 is 11.3 Å². The molecule has 1 aromatic heterocycles. The van der Waals surface area contributed by atoms with Gasteiger partial charge in [0.15, 0.2) is 0 Å². The molecule has 2 fully saturated rings. The van der Waals surface area contributed by atoms with Crippen LogP contribution in [0.4, 0.5) is 0 Å². The Labute approximate surface area is 234 Å². The zero-order valence-corrected chi connectivity index (χ0v) is 24.3. The number of aliphatic hydroxyl groups excluding tert-OH is 1. The van der Waals surface area contributed by atoms with Crippen LogP contribution in [0.15, 0.2) is 29.8 Å². The molecule has 0 radical (unpaired) electrons. The highest BCUT2D eigenvalue weighted by molar-refractivity contribution is 7.13. The first-order valence-electron chi connectivity index (χ1n) is 13.8. The molecule has 2 saturated heterocycles. The fraction of sp³-hybridized carbons (Fsp3) is 0.586. The highest BCUT2D eigenvalue weighted by atomic mass is 32.1. The average molecular weight is 556 g/mol. The van der Waals surface area contributed by atoms with Crippen molar-refractivity contribution in [1.29, 1.82) is 0 Å². The summed E-state index contributed by atoms with van der Waals surface area (Å²) < 4.78 is 0. The Balaban J connectivity index is 1.44. The molecule has 39 heavy (non-hydrogen) atoms. The van der Waals surface area contributed by atoms with Crippen molar-refractivity contribution in [2.24, 2.45) is 11.3 Å². The van der Waals surface area contributed by atoms with Gasteiger partial charge in [0.2, 0.25) is 17.7 Å². The quantitative estimate of drug-likeness (QED) is 0.417. The van der Waals surface area contributed by atoms with Gasteiger partial charge in [-0.15, -0.1) is 11.3 Å². The van der Waals surface area contributed by atoms with E-state index in [2.05, 4.69) is 20.9 Å².